The van der Waals surface area contributed by atoms with Crippen LogP contribution >= 0.6 is 23.2 Å². The number of halogens is 2. The van der Waals surface area contributed by atoms with Crippen LogP contribution in [0.1, 0.15) is 26.7 Å². The lowest BCUT2D eigenvalue weighted by Gasteiger charge is -2.18. The largest absolute Gasteiger partial charge is 0.419 e. The predicted octanol–water partition coefficient (Wildman–Crippen LogP) is 3.93. The molecule has 0 fully saturated rings. The molecule has 0 saturated heterocycles. The first-order valence-corrected chi connectivity index (χ1v) is 6.63. The Balaban J connectivity index is 2.16. The molecule has 0 saturated carbocycles. The highest BCUT2D eigenvalue weighted by molar-refractivity contribution is 6.36. The molecule has 0 spiro atoms. The minimum absolute atomic E-state index is 0.00739. The first-order valence-electron chi connectivity index (χ1n) is 5.88. The molecule has 6 heteroatoms. The van der Waals surface area contributed by atoms with Crippen molar-refractivity contribution in [3.05, 3.63) is 34.1 Å². The van der Waals surface area contributed by atoms with Crippen molar-refractivity contribution < 1.29 is 4.42 Å². The van der Waals surface area contributed by atoms with E-state index in [9.17, 15) is 0 Å². The van der Waals surface area contributed by atoms with Gasteiger partial charge in [0.2, 0.25) is 11.8 Å². The van der Waals surface area contributed by atoms with Gasteiger partial charge >= 0.3 is 0 Å². The fourth-order valence-electron chi connectivity index (χ4n) is 1.44. The second-order valence-corrected chi connectivity index (χ2v) is 6.07. The lowest BCUT2D eigenvalue weighted by molar-refractivity contribution is 0.383. The van der Waals surface area contributed by atoms with Gasteiger partial charge in [0.1, 0.15) is 0 Å². The van der Waals surface area contributed by atoms with Gasteiger partial charge in [-0.15, -0.1) is 10.2 Å². The third-order valence-corrected chi connectivity index (χ3v) is 2.95. The summed E-state index contributed by atoms with van der Waals surface area (Å²) < 4.78 is 5.57. The van der Waals surface area contributed by atoms with Crippen LogP contribution in [0, 0.1) is 0 Å². The zero-order valence-electron chi connectivity index (χ0n) is 11.0. The molecule has 0 amide bonds. The average molecular weight is 300 g/mol. The summed E-state index contributed by atoms with van der Waals surface area (Å²) in [5.41, 5.74) is 0.674. The highest BCUT2D eigenvalue weighted by atomic mass is 35.5. The minimum Gasteiger partial charge on any atom is -0.419 e. The van der Waals surface area contributed by atoms with Crippen molar-refractivity contribution in [2.24, 2.45) is 0 Å². The molecule has 0 radical (unpaired) electrons. The van der Waals surface area contributed by atoms with Crippen LogP contribution in [-0.2, 0) is 6.54 Å². The number of benzene rings is 1. The Labute approximate surface area is 122 Å². The highest BCUT2D eigenvalue weighted by Gasteiger charge is 2.14. The van der Waals surface area contributed by atoms with Crippen LogP contribution in [0.4, 0.5) is 0 Å². The van der Waals surface area contributed by atoms with Crippen molar-refractivity contribution in [3.8, 4) is 11.5 Å². The lowest BCUT2D eigenvalue weighted by atomic mass is 10.1. The number of hydrogen-bond donors (Lipinski definition) is 1. The van der Waals surface area contributed by atoms with Gasteiger partial charge in [0.15, 0.2) is 0 Å². The van der Waals surface area contributed by atoms with Gasteiger partial charge in [-0.3, -0.25) is 0 Å². The van der Waals surface area contributed by atoms with Crippen molar-refractivity contribution in [2.45, 2.75) is 32.9 Å². The molecular formula is C13H15Cl2N3O. The monoisotopic (exact) mass is 299 g/mol. The standard InChI is InChI=1S/C13H15Cl2N3O/c1-13(2,3)16-7-11-17-18-12(19-11)9-5-4-8(14)6-10(9)15/h4-6,16H,7H2,1-3H3. The molecule has 19 heavy (non-hydrogen) atoms. The summed E-state index contributed by atoms with van der Waals surface area (Å²) in [4.78, 5) is 0. The zero-order valence-corrected chi connectivity index (χ0v) is 12.5. The van der Waals surface area contributed by atoms with E-state index in [1.807, 2.05) is 0 Å². The van der Waals surface area contributed by atoms with Gasteiger partial charge < -0.3 is 9.73 Å². The van der Waals surface area contributed by atoms with E-state index in [-0.39, 0.29) is 5.54 Å². The second kappa shape index (κ2) is 5.49. The highest BCUT2D eigenvalue weighted by Crippen LogP contribution is 2.29. The molecule has 0 aliphatic heterocycles. The minimum atomic E-state index is -0.00739. The van der Waals surface area contributed by atoms with E-state index < -0.39 is 0 Å². The van der Waals surface area contributed by atoms with Crippen molar-refractivity contribution in [2.75, 3.05) is 0 Å². The van der Waals surface area contributed by atoms with E-state index in [2.05, 4.69) is 36.3 Å². The molecule has 0 unspecified atom stereocenters. The van der Waals surface area contributed by atoms with Gasteiger partial charge in [0, 0.05) is 10.6 Å². The lowest BCUT2D eigenvalue weighted by Crippen LogP contribution is -2.35. The van der Waals surface area contributed by atoms with Crippen molar-refractivity contribution in [1.29, 1.82) is 0 Å². The van der Waals surface area contributed by atoms with Gasteiger partial charge in [-0.05, 0) is 39.0 Å². The molecule has 2 aromatic rings. The fourth-order valence-corrected chi connectivity index (χ4v) is 1.93. The molecular weight excluding hydrogens is 285 g/mol. The maximum absolute atomic E-state index is 6.10. The van der Waals surface area contributed by atoms with Crippen LogP contribution in [0.25, 0.3) is 11.5 Å². The Bertz CT molecular complexity index is 576. The number of aromatic nitrogens is 2. The van der Waals surface area contributed by atoms with Crippen LogP contribution in [0.2, 0.25) is 10.0 Å². The zero-order chi connectivity index (χ0) is 14.0. The third-order valence-electron chi connectivity index (χ3n) is 2.40. The van der Waals surface area contributed by atoms with E-state index >= 15 is 0 Å². The Hall–Kier alpha value is -1.10. The Morgan fingerprint density at radius 1 is 1.21 bits per heavy atom. The number of rotatable bonds is 3. The van der Waals surface area contributed by atoms with Gasteiger partial charge in [-0.1, -0.05) is 23.2 Å². The van der Waals surface area contributed by atoms with Gasteiger partial charge in [-0.2, -0.15) is 0 Å². The molecule has 0 aliphatic carbocycles. The average Bonchev–Trinajstić information content (AvgIpc) is 2.74. The van der Waals surface area contributed by atoms with Crippen LogP contribution in [-0.4, -0.2) is 15.7 Å². The first kappa shape index (κ1) is 14.3. The van der Waals surface area contributed by atoms with E-state index in [0.717, 1.165) is 0 Å². The normalized spacial score (nSPS) is 11.8. The topological polar surface area (TPSA) is 51.0 Å². The summed E-state index contributed by atoms with van der Waals surface area (Å²) in [5.74, 6) is 0.920. The molecule has 2 rings (SSSR count). The van der Waals surface area contributed by atoms with Crippen LogP contribution in [0.5, 0.6) is 0 Å². The van der Waals surface area contributed by atoms with E-state index in [1.54, 1.807) is 18.2 Å². The van der Waals surface area contributed by atoms with E-state index in [0.29, 0.717) is 33.9 Å². The number of nitrogens with one attached hydrogen (secondary N) is 1. The second-order valence-electron chi connectivity index (χ2n) is 5.23. The predicted molar refractivity (Wildman–Crippen MR) is 76.3 cm³/mol. The van der Waals surface area contributed by atoms with E-state index in [4.69, 9.17) is 27.6 Å². The molecule has 1 aromatic heterocycles. The SMILES string of the molecule is CC(C)(C)NCc1nnc(-c2ccc(Cl)cc2Cl)o1. The summed E-state index contributed by atoms with van der Waals surface area (Å²) >= 11 is 11.9. The molecule has 0 aliphatic rings. The van der Waals surface area contributed by atoms with Gasteiger partial charge in [-0.25, -0.2) is 0 Å². The molecule has 0 atom stereocenters. The van der Waals surface area contributed by atoms with E-state index in [1.165, 1.54) is 0 Å². The maximum Gasteiger partial charge on any atom is 0.249 e. The summed E-state index contributed by atoms with van der Waals surface area (Å²) in [6.45, 7) is 6.72. The molecule has 1 N–H and O–H groups in total. The third kappa shape index (κ3) is 3.93. The molecule has 4 nitrogen and oxygen atoms in total. The maximum atomic E-state index is 6.10. The Morgan fingerprint density at radius 3 is 2.58 bits per heavy atom. The van der Waals surface area contributed by atoms with Crippen molar-refractivity contribution in [3.63, 3.8) is 0 Å². The summed E-state index contributed by atoms with van der Waals surface area (Å²) in [6, 6.07) is 5.15. The fraction of sp³-hybridized carbons (Fsp3) is 0.385. The van der Waals surface area contributed by atoms with Crippen LogP contribution in [0.3, 0.4) is 0 Å². The Kier molecular flexibility index (Phi) is 4.13. The Morgan fingerprint density at radius 2 is 1.95 bits per heavy atom. The summed E-state index contributed by atoms with van der Waals surface area (Å²) in [6.07, 6.45) is 0. The van der Waals surface area contributed by atoms with Crippen molar-refractivity contribution in [1.82, 2.24) is 15.5 Å². The molecule has 0 bridgehead atoms. The summed E-state index contributed by atoms with van der Waals surface area (Å²) in [7, 11) is 0. The quantitative estimate of drug-likeness (QED) is 0.933. The van der Waals surface area contributed by atoms with Crippen molar-refractivity contribution >= 4 is 23.2 Å². The molecule has 1 heterocycles. The first-order chi connectivity index (χ1) is 8.85. The molecule has 1 aromatic carbocycles. The molecule has 102 valence electrons. The van der Waals surface area contributed by atoms with Gasteiger partial charge in [0.05, 0.1) is 17.1 Å². The smallest absolute Gasteiger partial charge is 0.249 e. The van der Waals surface area contributed by atoms with Crippen LogP contribution < -0.4 is 5.32 Å². The van der Waals surface area contributed by atoms with Crippen LogP contribution in [0.15, 0.2) is 22.6 Å². The van der Waals surface area contributed by atoms with Gasteiger partial charge in [0.25, 0.3) is 0 Å². The number of nitrogens with zero attached hydrogens (tertiary/aromatic N) is 2. The summed E-state index contributed by atoms with van der Waals surface area (Å²) in [5, 5.41) is 12.3. The number of hydrogen-bond acceptors (Lipinski definition) is 4.